The van der Waals surface area contributed by atoms with Crippen molar-refractivity contribution in [3.8, 4) is 6.07 Å². The molecule has 1 aromatic carbocycles. The van der Waals surface area contributed by atoms with Crippen LogP contribution in [-0.2, 0) is 6.18 Å². The second kappa shape index (κ2) is 4.52. The van der Waals surface area contributed by atoms with Crippen LogP contribution < -0.4 is 5.32 Å². The third kappa shape index (κ3) is 2.58. The summed E-state index contributed by atoms with van der Waals surface area (Å²) in [6, 6.07) is 7.30. The van der Waals surface area contributed by atoms with Gasteiger partial charge in [0.05, 0.1) is 17.0 Å². The van der Waals surface area contributed by atoms with Crippen LogP contribution in [0.1, 0.15) is 24.8 Å². The highest BCUT2D eigenvalue weighted by Gasteiger charge is 2.37. The van der Waals surface area contributed by atoms with E-state index < -0.39 is 17.2 Å². The molecule has 96 valence electrons. The van der Waals surface area contributed by atoms with E-state index in [2.05, 4.69) is 11.4 Å². The van der Waals surface area contributed by atoms with Crippen LogP contribution in [0.2, 0.25) is 0 Å². The van der Waals surface area contributed by atoms with Gasteiger partial charge in [0.1, 0.15) is 0 Å². The first-order valence-electron chi connectivity index (χ1n) is 5.78. The van der Waals surface area contributed by atoms with Crippen molar-refractivity contribution in [3.63, 3.8) is 0 Å². The summed E-state index contributed by atoms with van der Waals surface area (Å²) in [5, 5.41) is 12.0. The Balaban J connectivity index is 2.04. The van der Waals surface area contributed by atoms with Crippen molar-refractivity contribution >= 4 is 5.69 Å². The van der Waals surface area contributed by atoms with Crippen LogP contribution in [0.25, 0.3) is 0 Å². The second-order valence-corrected chi connectivity index (χ2v) is 4.68. The van der Waals surface area contributed by atoms with Gasteiger partial charge in [-0.3, -0.25) is 0 Å². The van der Waals surface area contributed by atoms with Crippen LogP contribution in [0.3, 0.4) is 0 Å². The maximum absolute atomic E-state index is 12.5. The van der Waals surface area contributed by atoms with Crippen LogP contribution >= 0.6 is 0 Å². The molecule has 1 aliphatic rings. The number of benzene rings is 1. The summed E-state index contributed by atoms with van der Waals surface area (Å²) >= 11 is 0. The topological polar surface area (TPSA) is 35.8 Å². The molecule has 0 aliphatic heterocycles. The molecule has 0 aromatic heterocycles. The molecule has 1 N–H and O–H groups in total. The molecule has 0 heterocycles. The van der Waals surface area contributed by atoms with Crippen LogP contribution in [0.15, 0.2) is 24.3 Å². The van der Waals surface area contributed by atoms with Crippen molar-refractivity contribution in [2.24, 2.45) is 5.41 Å². The first-order valence-corrected chi connectivity index (χ1v) is 5.78. The number of anilines is 1. The number of nitrogens with zero attached hydrogens (tertiary/aromatic N) is 1. The summed E-state index contributed by atoms with van der Waals surface area (Å²) in [5.74, 6) is 0. The van der Waals surface area contributed by atoms with Crippen LogP contribution in [0.4, 0.5) is 18.9 Å². The minimum atomic E-state index is -4.33. The number of halogens is 3. The van der Waals surface area contributed by atoms with Crippen molar-refractivity contribution in [1.82, 2.24) is 0 Å². The van der Waals surface area contributed by atoms with Crippen molar-refractivity contribution in [3.05, 3.63) is 29.8 Å². The molecule has 0 radical (unpaired) electrons. The van der Waals surface area contributed by atoms with E-state index in [4.69, 9.17) is 5.26 Å². The lowest BCUT2D eigenvalue weighted by atomic mass is 9.70. The van der Waals surface area contributed by atoms with E-state index in [0.29, 0.717) is 12.2 Å². The molecule has 2 rings (SSSR count). The first-order chi connectivity index (χ1) is 8.45. The molecule has 0 spiro atoms. The molecule has 1 aliphatic carbocycles. The molecule has 2 nitrogen and oxygen atoms in total. The Morgan fingerprint density at radius 1 is 1.33 bits per heavy atom. The van der Waals surface area contributed by atoms with Gasteiger partial charge in [0.25, 0.3) is 0 Å². The third-order valence-corrected chi connectivity index (χ3v) is 3.37. The molecule has 18 heavy (non-hydrogen) atoms. The average Bonchev–Trinajstić information content (AvgIpc) is 2.27. The first kappa shape index (κ1) is 12.7. The monoisotopic (exact) mass is 254 g/mol. The molecule has 0 unspecified atom stereocenters. The van der Waals surface area contributed by atoms with Gasteiger partial charge in [0.2, 0.25) is 0 Å². The van der Waals surface area contributed by atoms with Gasteiger partial charge in [-0.15, -0.1) is 0 Å². The van der Waals surface area contributed by atoms with Crippen molar-refractivity contribution in [1.29, 1.82) is 5.26 Å². The standard InChI is InChI=1S/C13H13F3N2/c14-13(15,16)10-3-1-4-11(7-10)18-9-12(8-17)5-2-6-12/h1,3-4,7,18H,2,5-6,9H2. The van der Waals surface area contributed by atoms with Crippen molar-refractivity contribution in [2.75, 3.05) is 11.9 Å². The number of nitrogens with one attached hydrogen (secondary N) is 1. The van der Waals surface area contributed by atoms with Crippen molar-refractivity contribution in [2.45, 2.75) is 25.4 Å². The Bertz CT molecular complexity index is 470. The van der Waals surface area contributed by atoms with E-state index in [1.165, 1.54) is 6.07 Å². The molecule has 0 saturated heterocycles. The maximum Gasteiger partial charge on any atom is 0.416 e. The minimum Gasteiger partial charge on any atom is -0.383 e. The van der Waals surface area contributed by atoms with Gasteiger partial charge in [-0.1, -0.05) is 12.5 Å². The molecule has 1 fully saturated rings. The Kier molecular flexibility index (Phi) is 3.20. The lowest BCUT2D eigenvalue weighted by Gasteiger charge is -2.35. The fraction of sp³-hybridized carbons (Fsp3) is 0.462. The Hall–Kier alpha value is -1.70. The SMILES string of the molecule is N#CC1(CNc2cccc(C(F)(F)F)c2)CCC1. The lowest BCUT2D eigenvalue weighted by molar-refractivity contribution is -0.137. The van der Waals surface area contributed by atoms with E-state index in [1.807, 2.05) is 0 Å². The summed E-state index contributed by atoms with van der Waals surface area (Å²) in [7, 11) is 0. The number of alkyl halides is 3. The van der Waals surface area contributed by atoms with Crippen LogP contribution in [-0.4, -0.2) is 6.54 Å². The smallest absolute Gasteiger partial charge is 0.383 e. The fourth-order valence-corrected chi connectivity index (χ4v) is 2.01. The molecular weight excluding hydrogens is 241 g/mol. The van der Waals surface area contributed by atoms with E-state index >= 15 is 0 Å². The third-order valence-electron chi connectivity index (χ3n) is 3.37. The number of hydrogen-bond acceptors (Lipinski definition) is 2. The number of hydrogen-bond donors (Lipinski definition) is 1. The molecule has 1 saturated carbocycles. The molecule has 0 bridgehead atoms. The minimum absolute atomic E-state index is 0.395. The molecule has 5 heteroatoms. The highest BCUT2D eigenvalue weighted by molar-refractivity contribution is 5.47. The summed E-state index contributed by atoms with van der Waals surface area (Å²) in [6.07, 6.45) is -1.69. The van der Waals surface area contributed by atoms with Gasteiger partial charge in [0, 0.05) is 12.2 Å². The normalized spacial score (nSPS) is 17.7. The highest BCUT2D eigenvalue weighted by atomic mass is 19.4. The summed E-state index contributed by atoms with van der Waals surface area (Å²) in [5.41, 5.74) is -0.660. The Morgan fingerprint density at radius 2 is 2.06 bits per heavy atom. The zero-order valence-corrected chi connectivity index (χ0v) is 9.72. The van der Waals surface area contributed by atoms with Gasteiger partial charge < -0.3 is 5.32 Å². The second-order valence-electron chi connectivity index (χ2n) is 4.68. The Morgan fingerprint density at radius 3 is 2.56 bits per heavy atom. The molecule has 0 amide bonds. The zero-order chi connectivity index (χ0) is 13.2. The van der Waals surface area contributed by atoms with Crippen LogP contribution in [0, 0.1) is 16.7 Å². The van der Waals surface area contributed by atoms with E-state index in [-0.39, 0.29) is 0 Å². The van der Waals surface area contributed by atoms with Gasteiger partial charge in [-0.2, -0.15) is 18.4 Å². The average molecular weight is 254 g/mol. The summed E-state index contributed by atoms with van der Waals surface area (Å²) in [6.45, 7) is 0.408. The summed E-state index contributed by atoms with van der Waals surface area (Å²) in [4.78, 5) is 0. The maximum atomic E-state index is 12.5. The number of rotatable bonds is 3. The van der Waals surface area contributed by atoms with Gasteiger partial charge in [-0.25, -0.2) is 0 Å². The number of nitriles is 1. The predicted molar refractivity (Wildman–Crippen MR) is 61.8 cm³/mol. The largest absolute Gasteiger partial charge is 0.416 e. The fourth-order valence-electron chi connectivity index (χ4n) is 2.01. The highest BCUT2D eigenvalue weighted by Crippen LogP contribution is 2.40. The molecule has 1 aromatic rings. The predicted octanol–water partition coefficient (Wildman–Crippen LogP) is 3.81. The van der Waals surface area contributed by atoms with E-state index in [0.717, 1.165) is 31.4 Å². The van der Waals surface area contributed by atoms with Crippen molar-refractivity contribution < 1.29 is 13.2 Å². The van der Waals surface area contributed by atoms with E-state index in [1.54, 1.807) is 6.07 Å². The van der Waals surface area contributed by atoms with Gasteiger partial charge in [-0.05, 0) is 31.0 Å². The zero-order valence-electron chi connectivity index (χ0n) is 9.72. The van der Waals surface area contributed by atoms with Gasteiger partial charge in [0.15, 0.2) is 0 Å². The molecular formula is C13H13F3N2. The van der Waals surface area contributed by atoms with E-state index in [9.17, 15) is 13.2 Å². The summed E-state index contributed by atoms with van der Waals surface area (Å²) < 4.78 is 37.5. The van der Waals surface area contributed by atoms with Crippen LogP contribution in [0.5, 0.6) is 0 Å². The quantitative estimate of drug-likeness (QED) is 0.890. The van der Waals surface area contributed by atoms with Gasteiger partial charge >= 0.3 is 6.18 Å². The Labute approximate surface area is 103 Å². The lowest BCUT2D eigenvalue weighted by Crippen LogP contribution is -2.35. The molecule has 0 atom stereocenters.